The predicted octanol–water partition coefficient (Wildman–Crippen LogP) is 3.70. The third-order valence-electron chi connectivity index (χ3n) is 4.29. The fourth-order valence-corrected chi connectivity index (χ4v) is 3.14. The van der Waals surface area contributed by atoms with E-state index >= 15 is 0 Å². The minimum absolute atomic E-state index is 0.00401. The second-order valence-electron chi connectivity index (χ2n) is 5.63. The molecule has 1 N–H and O–H groups in total. The van der Waals surface area contributed by atoms with Crippen LogP contribution in [0, 0.1) is 0 Å². The number of aromatic nitrogens is 3. The first-order valence-electron chi connectivity index (χ1n) is 7.67. The van der Waals surface area contributed by atoms with Crippen LogP contribution in [0.3, 0.4) is 0 Å². The van der Waals surface area contributed by atoms with Gasteiger partial charge in [-0.1, -0.05) is 6.08 Å². The van der Waals surface area contributed by atoms with E-state index in [9.17, 15) is 5.11 Å². The van der Waals surface area contributed by atoms with Gasteiger partial charge >= 0.3 is 0 Å². The van der Waals surface area contributed by atoms with Crippen LogP contribution < -0.4 is 4.74 Å². The minimum atomic E-state index is -0.00401. The van der Waals surface area contributed by atoms with E-state index in [1.807, 2.05) is 35.0 Å². The van der Waals surface area contributed by atoms with E-state index in [1.54, 1.807) is 7.11 Å². The van der Waals surface area contributed by atoms with Gasteiger partial charge in [-0.2, -0.15) is 0 Å². The molecule has 4 rings (SSSR count). The molecular weight excluding hydrogens is 290 g/mol. The van der Waals surface area contributed by atoms with Gasteiger partial charge in [0.25, 0.3) is 0 Å². The summed E-state index contributed by atoms with van der Waals surface area (Å²) >= 11 is 0. The molecule has 23 heavy (non-hydrogen) atoms. The molecule has 0 bridgehead atoms. The Hall–Kier alpha value is -2.82. The minimum Gasteiger partial charge on any atom is -0.497 e. The van der Waals surface area contributed by atoms with Crippen molar-refractivity contribution in [3.63, 3.8) is 0 Å². The maximum Gasteiger partial charge on any atom is 0.239 e. The number of rotatable bonds is 3. The van der Waals surface area contributed by atoms with Crippen molar-refractivity contribution in [3.8, 4) is 17.3 Å². The van der Waals surface area contributed by atoms with Gasteiger partial charge in [0, 0.05) is 17.4 Å². The van der Waals surface area contributed by atoms with E-state index in [-0.39, 0.29) is 5.88 Å². The lowest BCUT2D eigenvalue weighted by atomic mass is 10.1. The van der Waals surface area contributed by atoms with Crippen LogP contribution >= 0.6 is 0 Å². The number of methoxy groups -OCH3 is 1. The molecule has 1 aliphatic carbocycles. The lowest BCUT2D eigenvalue weighted by Gasteiger charge is -2.06. The van der Waals surface area contributed by atoms with Gasteiger partial charge in [0.05, 0.1) is 7.11 Å². The summed E-state index contributed by atoms with van der Waals surface area (Å²) in [6.07, 6.45) is 9.02. The van der Waals surface area contributed by atoms with Crippen molar-refractivity contribution in [3.05, 3.63) is 48.4 Å². The summed E-state index contributed by atoms with van der Waals surface area (Å²) < 4.78 is 7.15. The summed E-state index contributed by atoms with van der Waals surface area (Å²) in [4.78, 5) is 8.36. The molecule has 0 amide bonds. The fraction of sp³-hybridized carbons (Fsp3) is 0.222. The third kappa shape index (κ3) is 2.25. The summed E-state index contributed by atoms with van der Waals surface area (Å²) in [6.45, 7) is 0. The van der Waals surface area contributed by atoms with E-state index in [2.05, 4.69) is 16.0 Å². The average Bonchev–Trinajstić information content (AvgIpc) is 3.23. The van der Waals surface area contributed by atoms with E-state index in [0.717, 1.165) is 35.4 Å². The standard InChI is InChI=1S/C18H17N3O2/c1-23-14-8-6-13(7-9-14)21-10-15(12-4-2-3-5-12)16-17(21)18(22)20-11-19-16/h4,6-11H,2-3,5H2,1H3,(H,19,20,22). The number of ether oxygens (including phenoxy) is 1. The van der Waals surface area contributed by atoms with Crippen LogP contribution in [-0.4, -0.2) is 26.8 Å². The summed E-state index contributed by atoms with van der Waals surface area (Å²) in [6, 6.07) is 7.71. The van der Waals surface area contributed by atoms with Crippen LogP contribution in [-0.2, 0) is 0 Å². The number of nitrogens with zero attached hydrogens (tertiary/aromatic N) is 3. The first-order chi connectivity index (χ1) is 11.3. The van der Waals surface area contributed by atoms with Crippen molar-refractivity contribution in [1.82, 2.24) is 14.5 Å². The number of fused-ring (bicyclic) bond motifs is 1. The van der Waals surface area contributed by atoms with Gasteiger partial charge in [-0.25, -0.2) is 9.97 Å². The molecule has 0 atom stereocenters. The Bertz CT molecular complexity index is 895. The summed E-state index contributed by atoms with van der Waals surface area (Å²) in [7, 11) is 1.64. The Balaban J connectivity index is 1.95. The Kier molecular flexibility index (Phi) is 3.26. The zero-order chi connectivity index (χ0) is 15.8. The van der Waals surface area contributed by atoms with Crippen LogP contribution in [0.25, 0.3) is 22.3 Å². The van der Waals surface area contributed by atoms with Gasteiger partial charge in [-0.05, 0) is 49.1 Å². The fourth-order valence-electron chi connectivity index (χ4n) is 3.14. The Labute approximate surface area is 133 Å². The second kappa shape index (κ2) is 5.43. The van der Waals surface area contributed by atoms with Gasteiger partial charge in [-0.15, -0.1) is 0 Å². The smallest absolute Gasteiger partial charge is 0.239 e. The van der Waals surface area contributed by atoms with Crippen LogP contribution in [0.5, 0.6) is 11.6 Å². The lowest BCUT2D eigenvalue weighted by molar-refractivity contribution is 0.415. The average molecular weight is 307 g/mol. The largest absolute Gasteiger partial charge is 0.497 e. The highest BCUT2D eigenvalue weighted by molar-refractivity contribution is 5.93. The van der Waals surface area contributed by atoms with E-state index in [4.69, 9.17) is 4.74 Å². The molecular formula is C18H17N3O2. The molecule has 2 heterocycles. The SMILES string of the molecule is COc1ccc(-n2cc(C3=CCCC3)c3ncnc(O)c32)cc1. The van der Waals surface area contributed by atoms with Gasteiger partial charge in [0.15, 0.2) is 0 Å². The van der Waals surface area contributed by atoms with Crippen molar-refractivity contribution in [2.75, 3.05) is 7.11 Å². The molecule has 3 aromatic rings. The number of hydrogen-bond acceptors (Lipinski definition) is 4. The maximum atomic E-state index is 10.3. The summed E-state index contributed by atoms with van der Waals surface area (Å²) in [5, 5.41) is 10.3. The molecule has 5 nitrogen and oxygen atoms in total. The normalized spacial score (nSPS) is 14.2. The highest BCUT2D eigenvalue weighted by atomic mass is 16.5. The molecule has 5 heteroatoms. The molecule has 1 aliphatic rings. The zero-order valence-corrected chi connectivity index (χ0v) is 12.9. The molecule has 0 unspecified atom stereocenters. The number of benzene rings is 1. The van der Waals surface area contributed by atoms with Crippen molar-refractivity contribution < 1.29 is 9.84 Å². The lowest BCUT2D eigenvalue weighted by Crippen LogP contribution is -1.93. The number of hydrogen-bond donors (Lipinski definition) is 1. The summed E-state index contributed by atoms with van der Waals surface area (Å²) in [5.74, 6) is 0.792. The molecule has 0 spiro atoms. The van der Waals surface area contributed by atoms with Crippen LogP contribution in [0.2, 0.25) is 0 Å². The van der Waals surface area contributed by atoms with E-state index < -0.39 is 0 Å². The van der Waals surface area contributed by atoms with Crippen molar-refractivity contribution in [2.45, 2.75) is 19.3 Å². The Morgan fingerprint density at radius 1 is 1.17 bits per heavy atom. The quantitative estimate of drug-likeness (QED) is 0.801. The summed E-state index contributed by atoms with van der Waals surface area (Å²) in [5.41, 5.74) is 4.74. The Morgan fingerprint density at radius 2 is 2.00 bits per heavy atom. The van der Waals surface area contributed by atoms with Gasteiger partial charge in [-0.3, -0.25) is 0 Å². The van der Waals surface area contributed by atoms with Crippen molar-refractivity contribution in [2.24, 2.45) is 0 Å². The van der Waals surface area contributed by atoms with Crippen molar-refractivity contribution >= 4 is 16.6 Å². The third-order valence-corrected chi connectivity index (χ3v) is 4.29. The molecule has 0 saturated heterocycles. The first-order valence-corrected chi connectivity index (χ1v) is 7.67. The van der Waals surface area contributed by atoms with E-state index in [1.165, 1.54) is 18.3 Å². The number of allylic oxidation sites excluding steroid dienone is 2. The molecule has 2 aromatic heterocycles. The van der Waals surface area contributed by atoms with Gasteiger partial charge in [0.1, 0.15) is 23.1 Å². The van der Waals surface area contributed by atoms with Gasteiger partial charge < -0.3 is 14.4 Å². The zero-order valence-electron chi connectivity index (χ0n) is 12.9. The monoisotopic (exact) mass is 307 g/mol. The van der Waals surface area contributed by atoms with E-state index in [0.29, 0.717) is 5.52 Å². The Morgan fingerprint density at radius 3 is 2.70 bits per heavy atom. The first kappa shape index (κ1) is 13.8. The topological polar surface area (TPSA) is 60.2 Å². The molecule has 0 radical (unpaired) electrons. The molecule has 116 valence electrons. The second-order valence-corrected chi connectivity index (χ2v) is 5.63. The predicted molar refractivity (Wildman–Crippen MR) is 88.9 cm³/mol. The highest BCUT2D eigenvalue weighted by Gasteiger charge is 2.19. The maximum absolute atomic E-state index is 10.3. The van der Waals surface area contributed by atoms with Crippen LogP contribution in [0.1, 0.15) is 24.8 Å². The molecule has 1 aromatic carbocycles. The van der Waals surface area contributed by atoms with Crippen LogP contribution in [0.15, 0.2) is 42.9 Å². The molecule has 0 saturated carbocycles. The molecule has 0 fully saturated rings. The highest BCUT2D eigenvalue weighted by Crippen LogP contribution is 2.36. The number of aromatic hydroxyl groups is 1. The van der Waals surface area contributed by atoms with Crippen LogP contribution in [0.4, 0.5) is 0 Å². The van der Waals surface area contributed by atoms with Crippen molar-refractivity contribution in [1.29, 1.82) is 0 Å². The molecule has 0 aliphatic heterocycles. The van der Waals surface area contributed by atoms with Gasteiger partial charge in [0.2, 0.25) is 5.88 Å².